The highest BCUT2D eigenvalue weighted by atomic mass is 16.5. The van der Waals surface area contributed by atoms with Crippen molar-refractivity contribution in [2.45, 2.75) is 13.3 Å². The van der Waals surface area contributed by atoms with Gasteiger partial charge in [-0.05, 0) is 49.1 Å². The van der Waals surface area contributed by atoms with Crippen LogP contribution in [0.1, 0.15) is 13.3 Å². The minimum Gasteiger partial charge on any atom is -0.492 e. The number of allylic oxidation sites excluding steroid dienone is 2. The summed E-state index contributed by atoms with van der Waals surface area (Å²) in [7, 11) is 0. The summed E-state index contributed by atoms with van der Waals surface area (Å²) in [5.74, 6) is -0.609. The van der Waals surface area contributed by atoms with E-state index < -0.39 is 17.8 Å². The van der Waals surface area contributed by atoms with Gasteiger partial charge in [-0.15, -0.1) is 0 Å². The second-order valence-electron chi connectivity index (χ2n) is 6.91. The molecule has 0 saturated heterocycles. The van der Waals surface area contributed by atoms with Crippen molar-refractivity contribution in [3.05, 3.63) is 36.4 Å². The van der Waals surface area contributed by atoms with E-state index in [4.69, 9.17) is 4.74 Å². The second-order valence-corrected chi connectivity index (χ2v) is 6.91. The summed E-state index contributed by atoms with van der Waals surface area (Å²) >= 11 is 0. The topological polar surface area (TPSA) is 75.6 Å². The molecule has 5 nitrogen and oxygen atoms in total. The van der Waals surface area contributed by atoms with Crippen molar-refractivity contribution in [2.24, 2.45) is 35.5 Å². The average Bonchev–Trinajstić information content (AvgIpc) is 3.38. The Balaban J connectivity index is 1.60. The predicted octanol–water partition coefficient (Wildman–Crippen LogP) is 2.79. The third-order valence-corrected chi connectivity index (χ3v) is 5.68. The molecule has 1 aromatic carbocycles. The maximum absolute atomic E-state index is 12.9. The van der Waals surface area contributed by atoms with Gasteiger partial charge in [0.05, 0.1) is 24.1 Å². The van der Waals surface area contributed by atoms with Crippen LogP contribution in [0, 0.1) is 35.5 Å². The molecular weight excluding hydrogens is 306 g/mol. The van der Waals surface area contributed by atoms with Gasteiger partial charge in [0, 0.05) is 0 Å². The van der Waals surface area contributed by atoms with Gasteiger partial charge in [-0.2, -0.15) is 0 Å². The van der Waals surface area contributed by atoms with Gasteiger partial charge in [0.2, 0.25) is 5.91 Å². The van der Waals surface area contributed by atoms with Crippen LogP contribution >= 0.6 is 0 Å². The van der Waals surface area contributed by atoms with Gasteiger partial charge >= 0.3 is 5.97 Å². The number of amides is 1. The fourth-order valence-corrected chi connectivity index (χ4v) is 4.64. The number of carboxylic acids is 1. The van der Waals surface area contributed by atoms with Crippen LogP contribution in [0.5, 0.6) is 5.75 Å². The highest BCUT2D eigenvalue weighted by Gasteiger charge is 2.63. The second kappa shape index (κ2) is 5.65. The molecule has 5 rings (SSSR count). The first-order valence-electron chi connectivity index (χ1n) is 8.55. The number of para-hydroxylation sites is 2. The van der Waals surface area contributed by atoms with Crippen LogP contribution in [0.3, 0.4) is 0 Å². The number of benzene rings is 1. The molecule has 4 aliphatic carbocycles. The van der Waals surface area contributed by atoms with Crippen LogP contribution in [0.2, 0.25) is 0 Å². The fourth-order valence-electron chi connectivity index (χ4n) is 4.64. The van der Waals surface area contributed by atoms with Crippen molar-refractivity contribution >= 4 is 17.6 Å². The molecule has 0 unspecified atom stereocenters. The van der Waals surface area contributed by atoms with E-state index in [0.29, 0.717) is 29.9 Å². The van der Waals surface area contributed by atoms with E-state index in [-0.39, 0.29) is 17.7 Å². The van der Waals surface area contributed by atoms with Crippen molar-refractivity contribution in [1.82, 2.24) is 0 Å². The fraction of sp³-hybridized carbons (Fsp3) is 0.474. The zero-order chi connectivity index (χ0) is 16.8. The summed E-state index contributed by atoms with van der Waals surface area (Å²) in [5.41, 5.74) is 0.603. The first-order valence-corrected chi connectivity index (χ1v) is 8.55. The maximum Gasteiger partial charge on any atom is 0.307 e. The van der Waals surface area contributed by atoms with E-state index in [1.165, 1.54) is 0 Å². The molecule has 2 N–H and O–H groups in total. The van der Waals surface area contributed by atoms with E-state index in [1.54, 1.807) is 12.1 Å². The highest BCUT2D eigenvalue weighted by Crippen LogP contribution is 2.63. The van der Waals surface area contributed by atoms with Crippen LogP contribution in [0.4, 0.5) is 5.69 Å². The Morgan fingerprint density at radius 1 is 1.17 bits per heavy atom. The van der Waals surface area contributed by atoms with Gasteiger partial charge in [0.1, 0.15) is 5.75 Å². The number of fused-ring (bicyclic) bond motifs is 1. The maximum atomic E-state index is 12.9. The molecule has 2 bridgehead atoms. The third kappa shape index (κ3) is 2.30. The van der Waals surface area contributed by atoms with E-state index in [2.05, 4.69) is 11.4 Å². The highest BCUT2D eigenvalue weighted by molar-refractivity contribution is 5.97. The average molecular weight is 327 g/mol. The monoisotopic (exact) mass is 327 g/mol. The molecule has 2 fully saturated rings. The van der Waals surface area contributed by atoms with Gasteiger partial charge in [0.25, 0.3) is 0 Å². The van der Waals surface area contributed by atoms with Gasteiger partial charge in [0.15, 0.2) is 0 Å². The molecule has 1 aromatic rings. The van der Waals surface area contributed by atoms with Crippen molar-refractivity contribution < 1.29 is 19.4 Å². The number of ether oxygens (including phenoxy) is 1. The molecule has 6 atom stereocenters. The number of anilines is 1. The molecule has 126 valence electrons. The number of carbonyl (C=O) groups is 2. The van der Waals surface area contributed by atoms with Crippen molar-refractivity contribution in [3.63, 3.8) is 0 Å². The quantitative estimate of drug-likeness (QED) is 0.816. The van der Waals surface area contributed by atoms with Gasteiger partial charge in [-0.3, -0.25) is 9.59 Å². The van der Waals surface area contributed by atoms with Crippen LogP contribution in [-0.2, 0) is 9.59 Å². The summed E-state index contributed by atoms with van der Waals surface area (Å²) in [4.78, 5) is 24.7. The van der Waals surface area contributed by atoms with Crippen LogP contribution in [0.15, 0.2) is 36.4 Å². The zero-order valence-corrected chi connectivity index (χ0v) is 13.5. The lowest BCUT2D eigenvalue weighted by molar-refractivity contribution is -0.152. The lowest BCUT2D eigenvalue weighted by atomic mass is 9.62. The summed E-state index contributed by atoms with van der Waals surface area (Å²) in [6, 6.07) is 7.27. The lowest BCUT2D eigenvalue weighted by Crippen LogP contribution is -2.48. The number of carboxylic acid groups (broad SMARTS) is 1. The van der Waals surface area contributed by atoms with Gasteiger partial charge in [-0.1, -0.05) is 24.3 Å². The summed E-state index contributed by atoms with van der Waals surface area (Å²) < 4.78 is 5.55. The lowest BCUT2D eigenvalue weighted by Gasteiger charge is -2.41. The minimum atomic E-state index is -0.863. The number of nitrogens with one attached hydrogen (secondary N) is 1. The molecule has 2 saturated carbocycles. The number of carbonyl (C=O) groups excluding carboxylic acids is 1. The number of hydrogen-bond donors (Lipinski definition) is 2. The Morgan fingerprint density at radius 2 is 1.83 bits per heavy atom. The molecule has 0 aliphatic heterocycles. The molecule has 0 spiro atoms. The van der Waals surface area contributed by atoms with Crippen LogP contribution in [-0.4, -0.2) is 23.6 Å². The number of aliphatic carboxylic acids is 1. The smallest absolute Gasteiger partial charge is 0.307 e. The van der Waals surface area contributed by atoms with Gasteiger partial charge in [-0.25, -0.2) is 0 Å². The van der Waals surface area contributed by atoms with E-state index >= 15 is 0 Å². The summed E-state index contributed by atoms with van der Waals surface area (Å²) in [5, 5.41) is 12.6. The van der Waals surface area contributed by atoms with Crippen molar-refractivity contribution in [2.75, 3.05) is 11.9 Å². The summed E-state index contributed by atoms with van der Waals surface area (Å²) in [6.07, 6.45) is 5.14. The first kappa shape index (κ1) is 15.2. The molecule has 0 aromatic heterocycles. The van der Waals surface area contributed by atoms with Crippen LogP contribution < -0.4 is 10.1 Å². The van der Waals surface area contributed by atoms with Gasteiger partial charge < -0.3 is 15.2 Å². The molecular formula is C19H21NO4. The standard InChI is InChI=1S/C19H21NO4/c1-2-24-15-6-4-3-5-14(15)20-18(21)16-10-7-8-11(13-9-12(10)13)17(16)19(22)23/h3-8,10-13,16-17H,2,9H2,1H3,(H,20,21)(H,22,23)/t10-,11-,12-,13-,16+,17+/m1/s1. The van der Waals surface area contributed by atoms with Crippen molar-refractivity contribution in [1.29, 1.82) is 0 Å². The molecule has 24 heavy (non-hydrogen) atoms. The Hall–Kier alpha value is -2.30. The third-order valence-electron chi connectivity index (χ3n) is 5.68. The Labute approximate surface area is 140 Å². The minimum absolute atomic E-state index is 0.00427. The molecule has 4 aliphatic rings. The molecule has 5 heteroatoms. The first-order chi connectivity index (χ1) is 11.6. The zero-order valence-electron chi connectivity index (χ0n) is 13.5. The van der Waals surface area contributed by atoms with Crippen molar-refractivity contribution in [3.8, 4) is 5.75 Å². The number of rotatable bonds is 5. The summed E-state index contributed by atoms with van der Waals surface area (Å²) in [6.45, 7) is 2.39. The van der Waals surface area contributed by atoms with Crippen LogP contribution in [0.25, 0.3) is 0 Å². The largest absolute Gasteiger partial charge is 0.492 e. The van der Waals surface area contributed by atoms with E-state index in [9.17, 15) is 14.7 Å². The molecule has 1 amide bonds. The number of hydrogen-bond acceptors (Lipinski definition) is 3. The Bertz CT molecular complexity index is 713. The normalized spacial score (nSPS) is 35.2. The predicted molar refractivity (Wildman–Crippen MR) is 88.6 cm³/mol. The Morgan fingerprint density at radius 3 is 2.50 bits per heavy atom. The van der Waals surface area contributed by atoms with E-state index in [0.717, 1.165) is 6.42 Å². The SMILES string of the molecule is CCOc1ccccc1NC(=O)[C@H]1[C@@H]2C=C[C@H]([C@H]3C[C@H]23)[C@@H]1C(=O)O. The molecule has 0 radical (unpaired) electrons. The Kier molecular flexibility index (Phi) is 3.59. The molecule has 0 heterocycles. The van der Waals surface area contributed by atoms with E-state index in [1.807, 2.05) is 25.1 Å².